The molecule has 0 saturated heterocycles. The summed E-state index contributed by atoms with van der Waals surface area (Å²) in [7, 11) is 0. The van der Waals surface area contributed by atoms with E-state index < -0.39 is 0 Å². The first-order chi connectivity index (χ1) is 8.79. The normalized spacial score (nSPS) is 14.9. The number of carbonyl (C=O) groups excluding carboxylic acids is 1. The first-order valence-electron chi connectivity index (χ1n) is 6.67. The van der Waals surface area contributed by atoms with Crippen LogP contribution in [0.3, 0.4) is 0 Å². The summed E-state index contributed by atoms with van der Waals surface area (Å²) in [6.07, 6.45) is 5.26. The van der Waals surface area contributed by atoms with Gasteiger partial charge in [0, 0.05) is 35.2 Å². The highest BCUT2D eigenvalue weighted by Crippen LogP contribution is 2.28. The van der Waals surface area contributed by atoms with Crippen LogP contribution in [0.5, 0.6) is 0 Å². The largest absolute Gasteiger partial charge is 0.361 e. The Bertz CT molecular complexity index is 569. The van der Waals surface area contributed by atoms with E-state index in [1.807, 2.05) is 35.4 Å². The van der Waals surface area contributed by atoms with Crippen LogP contribution in [0, 0.1) is 0 Å². The van der Waals surface area contributed by atoms with E-state index in [1.54, 1.807) is 0 Å². The van der Waals surface area contributed by atoms with Gasteiger partial charge in [0.25, 0.3) is 5.91 Å². The van der Waals surface area contributed by atoms with Gasteiger partial charge in [-0.2, -0.15) is 0 Å². The Morgan fingerprint density at radius 3 is 2.94 bits per heavy atom. The zero-order chi connectivity index (χ0) is 12.5. The summed E-state index contributed by atoms with van der Waals surface area (Å²) in [4.78, 5) is 17.7. The number of rotatable bonds is 4. The van der Waals surface area contributed by atoms with Gasteiger partial charge in [0.1, 0.15) is 0 Å². The van der Waals surface area contributed by atoms with Crippen molar-refractivity contribution in [3.8, 4) is 0 Å². The van der Waals surface area contributed by atoms with E-state index in [2.05, 4.69) is 11.9 Å². The molecule has 1 N–H and O–H groups in total. The van der Waals surface area contributed by atoms with Gasteiger partial charge in [-0.25, -0.2) is 0 Å². The molecule has 0 aliphatic heterocycles. The second kappa shape index (κ2) is 4.48. The number of H-pyrrole nitrogens is 1. The van der Waals surface area contributed by atoms with Crippen LogP contribution in [-0.4, -0.2) is 28.4 Å². The zero-order valence-electron chi connectivity index (χ0n) is 10.6. The molecule has 3 nitrogen and oxygen atoms in total. The third-order valence-corrected chi connectivity index (χ3v) is 3.51. The average molecular weight is 242 g/mol. The molecule has 0 radical (unpaired) electrons. The molecule has 0 bridgehead atoms. The van der Waals surface area contributed by atoms with Gasteiger partial charge < -0.3 is 9.88 Å². The van der Waals surface area contributed by atoms with E-state index in [4.69, 9.17) is 0 Å². The van der Waals surface area contributed by atoms with Crippen LogP contribution in [0.4, 0.5) is 0 Å². The second-order valence-electron chi connectivity index (χ2n) is 5.01. The van der Waals surface area contributed by atoms with Crippen molar-refractivity contribution < 1.29 is 4.79 Å². The zero-order valence-corrected chi connectivity index (χ0v) is 10.6. The molecule has 1 heterocycles. The van der Waals surface area contributed by atoms with Crippen LogP contribution in [0.15, 0.2) is 30.5 Å². The SMILES string of the molecule is CCCN(C(=O)c1ccc2[nH]ccc2c1)C1CC1. The van der Waals surface area contributed by atoms with E-state index >= 15 is 0 Å². The molecule has 3 heteroatoms. The standard InChI is InChI=1S/C15H18N2O/c1-2-9-17(13-4-5-13)15(18)12-3-6-14-11(10-12)7-8-16-14/h3,6-8,10,13,16H,2,4-5,9H2,1H3. The summed E-state index contributed by atoms with van der Waals surface area (Å²) in [6, 6.07) is 8.39. The van der Waals surface area contributed by atoms with Crippen LogP contribution in [0.25, 0.3) is 10.9 Å². The highest BCUT2D eigenvalue weighted by atomic mass is 16.2. The number of nitrogens with zero attached hydrogens (tertiary/aromatic N) is 1. The molecular weight excluding hydrogens is 224 g/mol. The van der Waals surface area contributed by atoms with E-state index in [9.17, 15) is 4.79 Å². The fourth-order valence-electron chi connectivity index (χ4n) is 2.43. The minimum absolute atomic E-state index is 0.183. The first-order valence-corrected chi connectivity index (χ1v) is 6.67. The van der Waals surface area contributed by atoms with Crippen LogP contribution in [0.1, 0.15) is 36.5 Å². The number of aromatic nitrogens is 1. The molecule has 0 atom stereocenters. The maximum absolute atomic E-state index is 12.5. The molecule has 1 aliphatic carbocycles. The summed E-state index contributed by atoms with van der Waals surface area (Å²) < 4.78 is 0. The molecule has 2 aromatic rings. The number of hydrogen-bond acceptors (Lipinski definition) is 1. The van der Waals surface area contributed by atoms with Gasteiger partial charge in [-0.05, 0) is 43.5 Å². The average Bonchev–Trinajstić information content (AvgIpc) is 3.12. The maximum Gasteiger partial charge on any atom is 0.254 e. The monoisotopic (exact) mass is 242 g/mol. The van der Waals surface area contributed by atoms with Crippen molar-refractivity contribution in [1.29, 1.82) is 0 Å². The van der Waals surface area contributed by atoms with Crippen LogP contribution >= 0.6 is 0 Å². The number of benzene rings is 1. The van der Waals surface area contributed by atoms with Crippen molar-refractivity contribution in [1.82, 2.24) is 9.88 Å². The topological polar surface area (TPSA) is 36.1 Å². The quantitative estimate of drug-likeness (QED) is 0.878. The fourth-order valence-corrected chi connectivity index (χ4v) is 2.43. The summed E-state index contributed by atoms with van der Waals surface area (Å²) in [5.41, 5.74) is 1.89. The lowest BCUT2D eigenvalue weighted by molar-refractivity contribution is 0.0743. The van der Waals surface area contributed by atoms with Gasteiger partial charge in [0.2, 0.25) is 0 Å². The maximum atomic E-state index is 12.5. The smallest absolute Gasteiger partial charge is 0.254 e. The lowest BCUT2D eigenvalue weighted by atomic mass is 10.1. The number of carbonyl (C=O) groups is 1. The van der Waals surface area contributed by atoms with E-state index in [0.717, 1.165) is 42.3 Å². The second-order valence-corrected chi connectivity index (χ2v) is 5.01. The summed E-state index contributed by atoms with van der Waals surface area (Å²) in [5.74, 6) is 0.183. The summed E-state index contributed by atoms with van der Waals surface area (Å²) >= 11 is 0. The molecule has 1 saturated carbocycles. The third-order valence-electron chi connectivity index (χ3n) is 3.51. The first kappa shape index (κ1) is 11.3. The number of nitrogens with one attached hydrogen (secondary N) is 1. The molecule has 1 fully saturated rings. The predicted molar refractivity (Wildman–Crippen MR) is 72.6 cm³/mol. The molecule has 0 spiro atoms. The number of amides is 1. The fraction of sp³-hybridized carbons (Fsp3) is 0.400. The molecule has 1 aliphatic rings. The van der Waals surface area contributed by atoms with Crippen molar-refractivity contribution in [2.45, 2.75) is 32.2 Å². The highest BCUT2D eigenvalue weighted by molar-refractivity contribution is 5.98. The van der Waals surface area contributed by atoms with Crippen LogP contribution < -0.4 is 0 Å². The Balaban J connectivity index is 1.89. The third kappa shape index (κ3) is 2.01. The van der Waals surface area contributed by atoms with Gasteiger partial charge in [0.05, 0.1) is 0 Å². The van der Waals surface area contributed by atoms with E-state index in [1.165, 1.54) is 0 Å². The number of fused-ring (bicyclic) bond motifs is 1. The van der Waals surface area contributed by atoms with Crippen molar-refractivity contribution in [2.75, 3.05) is 6.54 Å². The Labute approximate surface area is 107 Å². The van der Waals surface area contributed by atoms with Gasteiger partial charge in [-0.15, -0.1) is 0 Å². The van der Waals surface area contributed by atoms with Crippen molar-refractivity contribution in [3.63, 3.8) is 0 Å². The molecule has 18 heavy (non-hydrogen) atoms. The van der Waals surface area contributed by atoms with Gasteiger partial charge in [-0.1, -0.05) is 6.92 Å². The Morgan fingerprint density at radius 2 is 2.22 bits per heavy atom. The summed E-state index contributed by atoms with van der Waals surface area (Å²) in [5, 5.41) is 1.10. The highest BCUT2D eigenvalue weighted by Gasteiger charge is 2.32. The molecule has 1 aromatic carbocycles. The van der Waals surface area contributed by atoms with Gasteiger partial charge in [0.15, 0.2) is 0 Å². The Kier molecular flexibility index (Phi) is 2.82. The molecular formula is C15H18N2O. The lowest BCUT2D eigenvalue weighted by Crippen LogP contribution is -2.33. The Morgan fingerprint density at radius 1 is 1.39 bits per heavy atom. The number of hydrogen-bond donors (Lipinski definition) is 1. The lowest BCUT2D eigenvalue weighted by Gasteiger charge is -2.21. The molecule has 3 rings (SSSR count). The minimum atomic E-state index is 0.183. The minimum Gasteiger partial charge on any atom is -0.361 e. The molecule has 1 aromatic heterocycles. The van der Waals surface area contributed by atoms with Crippen molar-refractivity contribution in [3.05, 3.63) is 36.0 Å². The molecule has 0 unspecified atom stereocenters. The summed E-state index contributed by atoms with van der Waals surface area (Å²) in [6.45, 7) is 2.99. The molecule has 94 valence electrons. The van der Waals surface area contributed by atoms with Crippen molar-refractivity contribution >= 4 is 16.8 Å². The van der Waals surface area contributed by atoms with Gasteiger partial charge >= 0.3 is 0 Å². The molecule has 1 amide bonds. The van der Waals surface area contributed by atoms with Crippen molar-refractivity contribution in [2.24, 2.45) is 0 Å². The van der Waals surface area contributed by atoms with Crippen LogP contribution in [0.2, 0.25) is 0 Å². The van der Waals surface area contributed by atoms with Crippen LogP contribution in [-0.2, 0) is 0 Å². The van der Waals surface area contributed by atoms with E-state index in [-0.39, 0.29) is 5.91 Å². The number of aromatic amines is 1. The van der Waals surface area contributed by atoms with E-state index in [0.29, 0.717) is 6.04 Å². The predicted octanol–water partition coefficient (Wildman–Crippen LogP) is 3.18. The Hall–Kier alpha value is -1.77. The van der Waals surface area contributed by atoms with Gasteiger partial charge in [-0.3, -0.25) is 4.79 Å².